The van der Waals surface area contributed by atoms with Gasteiger partial charge in [-0.2, -0.15) is 0 Å². The molecule has 0 saturated heterocycles. The molecule has 8 heavy (non-hydrogen) atoms. The first kappa shape index (κ1) is 7.90. The molecular weight excluding hydrogens is 111 g/mol. The van der Waals surface area contributed by atoms with Gasteiger partial charge in [0.1, 0.15) is 0 Å². The lowest BCUT2D eigenvalue weighted by Crippen LogP contribution is -2.25. The van der Waals surface area contributed by atoms with Crippen molar-refractivity contribution in [1.29, 1.82) is 0 Å². The fourth-order valence-electron chi connectivity index (χ4n) is 0.251. The summed E-state index contributed by atoms with van der Waals surface area (Å²) >= 11 is 0. The number of aliphatic hydroxyl groups is 1. The molecule has 0 aliphatic heterocycles. The summed E-state index contributed by atoms with van der Waals surface area (Å²) in [6.45, 7) is 1.32. The van der Waals surface area contributed by atoms with Crippen LogP contribution in [0.4, 0.5) is 0 Å². The lowest BCUT2D eigenvalue weighted by Gasteiger charge is -2.06. The van der Waals surface area contributed by atoms with Gasteiger partial charge in [0.25, 0.3) is 0 Å². The number of aliphatic hydroxyl groups excluding tert-OH is 1. The fraction of sp³-hybridized carbons (Fsp3) is 1.00. The molecule has 0 bridgehead atoms. The molecule has 0 amide bonds. The van der Waals surface area contributed by atoms with Crippen molar-refractivity contribution in [1.82, 2.24) is 0 Å². The lowest BCUT2D eigenvalue weighted by atomic mass is 10.2. The van der Waals surface area contributed by atoms with Crippen molar-refractivity contribution >= 4 is 7.32 Å². The van der Waals surface area contributed by atoms with Crippen LogP contribution >= 0.6 is 0 Å². The van der Waals surface area contributed by atoms with Crippen LogP contribution in [0.2, 0.25) is 0 Å². The van der Waals surface area contributed by atoms with Gasteiger partial charge in [0.15, 0.2) is 0 Å². The molecule has 0 radical (unpaired) electrons. The highest BCUT2D eigenvalue weighted by molar-refractivity contribution is 6.32. The molecule has 3 N–H and O–H groups in total. The van der Waals surface area contributed by atoms with Crippen LogP contribution in [0.5, 0.6) is 0 Å². The van der Waals surface area contributed by atoms with E-state index in [2.05, 4.69) is 4.65 Å². The van der Waals surface area contributed by atoms with Gasteiger partial charge < -0.3 is 19.8 Å². The molecule has 0 aromatic rings. The Kier molecular flexibility index (Phi) is 3.81. The summed E-state index contributed by atoms with van der Waals surface area (Å²) in [5.74, 6) is 0. The van der Waals surface area contributed by atoms with Crippen molar-refractivity contribution in [3.8, 4) is 0 Å². The van der Waals surface area contributed by atoms with E-state index < -0.39 is 13.4 Å². The van der Waals surface area contributed by atoms with E-state index in [4.69, 9.17) is 15.2 Å². The molecule has 0 aliphatic carbocycles. The average molecular weight is 120 g/mol. The predicted molar refractivity (Wildman–Crippen MR) is 27.8 cm³/mol. The molecule has 4 nitrogen and oxygen atoms in total. The monoisotopic (exact) mass is 120 g/mol. The van der Waals surface area contributed by atoms with E-state index in [0.717, 1.165) is 0 Å². The Bertz CT molecular complexity index is 57.2. The third kappa shape index (κ3) is 4.07. The van der Waals surface area contributed by atoms with Crippen LogP contribution in [-0.4, -0.2) is 35.2 Å². The van der Waals surface area contributed by atoms with Crippen molar-refractivity contribution in [2.45, 2.75) is 13.0 Å². The second-order valence-electron chi connectivity index (χ2n) is 1.46. The Morgan fingerprint density at radius 2 is 2.12 bits per heavy atom. The van der Waals surface area contributed by atoms with E-state index in [0.29, 0.717) is 0 Å². The fourth-order valence-corrected chi connectivity index (χ4v) is 0.251. The molecule has 0 rings (SSSR count). The third-order valence-corrected chi connectivity index (χ3v) is 0.611. The molecule has 1 atom stereocenters. The predicted octanol–water partition coefficient (Wildman–Crippen LogP) is -1.65. The molecule has 5 heteroatoms. The summed E-state index contributed by atoms with van der Waals surface area (Å²) < 4.78 is 4.26. The highest BCUT2D eigenvalue weighted by Gasteiger charge is 2.12. The summed E-state index contributed by atoms with van der Waals surface area (Å²) in [5.41, 5.74) is 0. The molecular formula is C3H9BO4. The van der Waals surface area contributed by atoms with Gasteiger partial charge in [-0.3, -0.25) is 0 Å². The maximum atomic E-state index is 8.24. The van der Waals surface area contributed by atoms with Crippen molar-refractivity contribution in [3.63, 3.8) is 0 Å². The topological polar surface area (TPSA) is 69.9 Å². The molecule has 0 aromatic heterocycles. The van der Waals surface area contributed by atoms with Crippen LogP contribution in [0.1, 0.15) is 6.92 Å². The first-order chi connectivity index (χ1) is 3.66. The average Bonchev–Trinajstić information content (AvgIpc) is 1.65. The van der Waals surface area contributed by atoms with Gasteiger partial charge in [0.2, 0.25) is 0 Å². The normalized spacial score (nSPS) is 13.5. The summed E-state index contributed by atoms with van der Waals surface area (Å²) in [4.78, 5) is 0. The molecule has 1 unspecified atom stereocenters. The number of hydrogen-bond donors (Lipinski definition) is 3. The van der Waals surface area contributed by atoms with Gasteiger partial charge in [-0.15, -0.1) is 0 Å². The van der Waals surface area contributed by atoms with Gasteiger partial charge in [-0.25, -0.2) is 0 Å². The first-order valence-electron chi connectivity index (χ1n) is 2.29. The van der Waals surface area contributed by atoms with Gasteiger partial charge in [0.05, 0.1) is 12.7 Å². The summed E-state index contributed by atoms with van der Waals surface area (Å²) in [7, 11) is -1.78. The minimum absolute atomic E-state index is 0.211. The minimum Gasteiger partial charge on any atom is -0.402 e. The Morgan fingerprint density at radius 1 is 1.62 bits per heavy atom. The zero-order chi connectivity index (χ0) is 6.57. The van der Waals surface area contributed by atoms with Gasteiger partial charge in [-0.1, -0.05) is 0 Å². The van der Waals surface area contributed by atoms with Crippen molar-refractivity contribution in [3.05, 3.63) is 0 Å². The van der Waals surface area contributed by atoms with Crippen LogP contribution in [0.15, 0.2) is 0 Å². The van der Waals surface area contributed by atoms with Crippen LogP contribution in [0.25, 0.3) is 0 Å². The number of rotatable bonds is 3. The lowest BCUT2D eigenvalue weighted by molar-refractivity contribution is 0.0798. The summed E-state index contributed by atoms with van der Waals surface area (Å²) in [6, 6.07) is 0. The Morgan fingerprint density at radius 3 is 2.25 bits per heavy atom. The van der Waals surface area contributed by atoms with Crippen LogP contribution in [0, 0.1) is 0 Å². The van der Waals surface area contributed by atoms with Crippen LogP contribution in [0.3, 0.4) is 0 Å². The SMILES string of the molecule is CC(CO)OB(O)O. The molecule has 0 saturated carbocycles. The zero-order valence-electron chi connectivity index (χ0n) is 4.61. The maximum absolute atomic E-state index is 8.24. The van der Waals surface area contributed by atoms with Crippen molar-refractivity contribution in [2.24, 2.45) is 0 Å². The van der Waals surface area contributed by atoms with E-state index in [9.17, 15) is 0 Å². The van der Waals surface area contributed by atoms with E-state index in [1.807, 2.05) is 0 Å². The largest absolute Gasteiger partial charge is 0.634 e. The molecule has 48 valence electrons. The molecule has 0 aliphatic rings. The van der Waals surface area contributed by atoms with Crippen LogP contribution < -0.4 is 0 Å². The minimum atomic E-state index is -1.78. The summed E-state index contributed by atoms with van der Waals surface area (Å²) in [6.07, 6.45) is -0.519. The first-order valence-corrected chi connectivity index (χ1v) is 2.29. The Balaban J connectivity index is 3.10. The maximum Gasteiger partial charge on any atom is 0.634 e. The second kappa shape index (κ2) is 3.85. The van der Waals surface area contributed by atoms with Crippen molar-refractivity contribution < 1.29 is 19.8 Å². The summed E-state index contributed by atoms with van der Waals surface area (Å²) in [5, 5.41) is 24.4. The van der Waals surface area contributed by atoms with E-state index in [-0.39, 0.29) is 6.61 Å². The highest BCUT2D eigenvalue weighted by Crippen LogP contribution is 1.86. The highest BCUT2D eigenvalue weighted by atomic mass is 16.6. The quantitative estimate of drug-likeness (QED) is 0.390. The second-order valence-corrected chi connectivity index (χ2v) is 1.46. The molecule has 0 fully saturated rings. The number of hydrogen-bond acceptors (Lipinski definition) is 4. The van der Waals surface area contributed by atoms with Crippen molar-refractivity contribution in [2.75, 3.05) is 6.61 Å². The van der Waals surface area contributed by atoms with E-state index >= 15 is 0 Å². The van der Waals surface area contributed by atoms with Gasteiger partial charge >= 0.3 is 7.32 Å². The van der Waals surface area contributed by atoms with E-state index in [1.54, 1.807) is 0 Å². The molecule has 0 aromatic carbocycles. The Labute approximate surface area is 47.9 Å². The third-order valence-electron chi connectivity index (χ3n) is 0.611. The van der Waals surface area contributed by atoms with Gasteiger partial charge in [-0.05, 0) is 6.92 Å². The smallest absolute Gasteiger partial charge is 0.402 e. The van der Waals surface area contributed by atoms with Gasteiger partial charge in [0, 0.05) is 0 Å². The zero-order valence-corrected chi connectivity index (χ0v) is 4.61. The molecule has 0 spiro atoms. The Hall–Kier alpha value is -0.0951. The van der Waals surface area contributed by atoms with Crippen LogP contribution in [-0.2, 0) is 4.65 Å². The molecule has 0 heterocycles. The standard InChI is InChI=1S/C3H9BO4/c1-3(2-5)8-4(6)7/h3,5-7H,2H2,1H3. The van der Waals surface area contributed by atoms with E-state index in [1.165, 1.54) is 6.92 Å².